The number of ether oxygens (including phenoxy) is 1. The fraction of sp³-hybridized carbons (Fsp3) is 0.211. The van der Waals surface area contributed by atoms with Crippen molar-refractivity contribution in [3.05, 3.63) is 64.7 Å². The molecule has 0 saturated heterocycles. The number of benzene rings is 2. The Morgan fingerprint density at radius 3 is 2.38 bits per heavy atom. The van der Waals surface area contributed by atoms with Gasteiger partial charge in [0, 0.05) is 29.6 Å². The first-order chi connectivity index (χ1) is 12.4. The molecule has 0 saturated carbocycles. The van der Waals surface area contributed by atoms with Gasteiger partial charge in [-0.2, -0.15) is 0 Å². The van der Waals surface area contributed by atoms with Gasteiger partial charge in [0.2, 0.25) is 5.91 Å². The summed E-state index contributed by atoms with van der Waals surface area (Å²) in [7, 11) is 1.27. The Balaban J connectivity index is 2.10. The predicted octanol–water partition coefficient (Wildman–Crippen LogP) is 2.81. The third kappa shape index (κ3) is 5.60. The van der Waals surface area contributed by atoms with Crippen LogP contribution in [0.2, 0.25) is 5.02 Å². The molecule has 2 aromatic rings. The summed E-state index contributed by atoms with van der Waals surface area (Å²) >= 11 is 5.96. The molecular weight excluding hydrogens is 356 g/mol. The number of carbonyl (C=O) groups excluding carboxylic acids is 3. The molecule has 2 N–H and O–H groups in total. The Morgan fingerprint density at radius 1 is 1.12 bits per heavy atom. The van der Waals surface area contributed by atoms with Gasteiger partial charge < -0.3 is 15.4 Å². The second kappa shape index (κ2) is 9.01. The molecule has 0 aliphatic rings. The molecule has 0 aromatic heterocycles. The lowest BCUT2D eigenvalue weighted by Crippen LogP contribution is -2.43. The molecule has 0 unspecified atom stereocenters. The van der Waals surface area contributed by atoms with Gasteiger partial charge in [-0.25, -0.2) is 4.79 Å². The van der Waals surface area contributed by atoms with E-state index in [2.05, 4.69) is 10.6 Å². The summed E-state index contributed by atoms with van der Waals surface area (Å²) in [5.41, 5.74) is 1.74. The van der Waals surface area contributed by atoms with Crippen LogP contribution in [0.1, 0.15) is 22.8 Å². The average Bonchev–Trinajstić information content (AvgIpc) is 2.60. The first-order valence-corrected chi connectivity index (χ1v) is 8.27. The van der Waals surface area contributed by atoms with Crippen LogP contribution in [0.3, 0.4) is 0 Å². The van der Waals surface area contributed by atoms with E-state index in [1.54, 1.807) is 42.5 Å². The summed E-state index contributed by atoms with van der Waals surface area (Å²) in [6, 6.07) is 12.6. The highest BCUT2D eigenvalue weighted by molar-refractivity contribution is 6.30. The highest BCUT2D eigenvalue weighted by atomic mass is 35.5. The Bertz CT molecular complexity index is 805. The van der Waals surface area contributed by atoms with E-state index in [-0.39, 0.29) is 12.3 Å². The Morgan fingerprint density at radius 2 is 1.81 bits per heavy atom. The van der Waals surface area contributed by atoms with Gasteiger partial charge in [-0.1, -0.05) is 23.7 Å². The number of amides is 2. The molecular formula is C19H19ClN2O4. The van der Waals surface area contributed by atoms with E-state index in [0.717, 1.165) is 5.56 Å². The lowest BCUT2D eigenvalue weighted by atomic mass is 10.1. The third-order valence-corrected chi connectivity index (χ3v) is 3.82. The van der Waals surface area contributed by atoms with Gasteiger partial charge in [-0.3, -0.25) is 9.59 Å². The third-order valence-electron chi connectivity index (χ3n) is 3.59. The van der Waals surface area contributed by atoms with Gasteiger partial charge in [0.25, 0.3) is 5.91 Å². The van der Waals surface area contributed by atoms with Crippen molar-refractivity contribution in [3.8, 4) is 0 Å². The van der Waals surface area contributed by atoms with Crippen molar-refractivity contribution in [2.75, 3.05) is 12.4 Å². The maximum absolute atomic E-state index is 12.4. The van der Waals surface area contributed by atoms with Gasteiger partial charge in [-0.15, -0.1) is 0 Å². The van der Waals surface area contributed by atoms with Crippen LogP contribution in [-0.2, 0) is 20.7 Å². The van der Waals surface area contributed by atoms with E-state index in [1.165, 1.54) is 14.0 Å². The van der Waals surface area contributed by atoms with Crippen LogP contribution in [-0.4, -0.2) is 30.9 Å². The molecule has 6 nitrogen and oxygen atoms in total. The van der Waals surface area contributed by atoms with Crippen LogP contribution in [0.15, 0.2) is 48.5 Å². The fourth-order valence-corrected chi connectivity index (χ4v) is 2.60. The second-order valence-corrected chi connectivity index (χ2v) is 6.08. The zero-order valence-corrected chi connectivity index (χ0v) is 15.2. The van der Waals surface area contributed by atoms with E-state index in [1.807, 2.05) is 6.07 Å². The van der Waals surface area contributed by atoms with Crippen LogP contribution in [0, 0.1) is 0 Å². The van der Waals surface area contributed by atoms with Gasteiger partial charge in [0.05, 0.1) is 7.11 Å². The topological polar surface area (TPSA) is 84.5 Å². The average molecular weight is 375 g/mol. The number of hydrogen-bond acceptors (Lipinski definition) is 4. The maximum Gasteiger partial charge on any atom is 0.328 e. The minimum Gasteiger partial charge on any atom is -0.467 e. The van der Waals surface area contributed by atoms with Crippen molar-refractivity contribution in [3.63, 3.8) is 0 Å². The number of carbonyl (C=O) groups is 3. The number of methoxy groups -OCH3 is 1. The standard InChI is InChI=1S/C19H19ClN2O4/c1-12(23)21-16-8-6-14(7-9-16)18(24)22-17(19(25)26-2)11-13-4-3-5-15(20)10-13/h3-10,17H,11H2,1-2H3,(H,21,23)(H,22,24)/t17-/m0/s1. The van der Waals surface area contributed by atoms with Crippen molar-refractivity contribution >= 4 is 35.1 Å². The SMILES string of the molecule is COC(=O)[C@H](Cc1cccc(Cl)c1)NC(=O)c1ccc(NC(C)=O)cc1. The monoisotopic (exact) mass is 374 g/mol. The molecule has 2 aromatic carbocycles. The van der Waals surface area contributed by atoms with Crippen LogP contribution < -0.4 is 10.6 Å². The van der Waals surface area contributed by atoms with Crippen LogP contribution in [0.4, 0.5) is 5.69 Å². The molecule has 7 heteroatoms. The van der Waals surface area contributed by atoms with Gasteiger partial charge in [-0.05, 0) is 42.0 Å². The van der Waals surface area contributed by atoms with Crippen molar-refractivity contribution in [2.24, 2.45) is 0 Å². The molecule has 2 amide bonds. The number of nitrogens with one attached hydrogen (secondary N) is 2. The number of rotatable bonds is 6. The Kier molecular flexibility index (Phi) is 6.74. The van der Waals surface area contributed by atoms with Gasteiger partial charge in [0.1, 0.15) is 6.04 Å². The highest BCUT2D eigenvalue weighted by Crippen LogP contribution is 2.14. The number of esters is 1. The lowest BCUT2D eigenvalue weighted by molar-refractivity contribution is -0.142. The maximum atomic E-state index is 12.4. The molecule has 0 aliphatic heterocycles. The quantitative estimate of drug-likeness (QED) is 0.761. The minimum atomic E-state index is -0.846. The summed E-state index contributed by atoms with van der Waals surface area (Å²) < 4.78 is 4.78. The molecule has 2 rings (SSSR count). The largest absolute Gasteiger partial charge is 0.467 e. The van der Waals surface area contributed by atoms with E-state index in [9.17, 15) is 14.4 Å². The Hall–Kier alpha value is -2.86. The van der Waals surface area contributed by atoms with Crippen molar-refractivity contribution < 1.29 is 19.1 Å². The first-order valence-electron chi connectivity index (χ1n) is 7.90. The molecule has 0 radical (unpaired) electrons. The van der Waals surface area contributed by atoms with E-state index in [4.69, 9.17) is 16.3 Å². The lowest BCUT2D eigenvalue weighted by Gasteiger charge is -2.17. The normalized spacial score (nSPS) is 11.3. The predicted molar refractivity (Wildman–Crippen MR) is 99.2 cm³/mol. The zero-order valence-electron chi connectivity index (χ0n) is 14.4. The van der Waals surface area contributed by atoms with Crippen molar-refractivity contribution in [2.45, 2.75) is 19.4 Å². The highest BCUT2D eigenvalue weighted by Gasteiger charge is 2.22. The molecule has 26 heavy (non-hydrogen) atoms. The van der Waals surface area contributed by atoms with Crippen LogP contribution >= 0.6 is 11.6 Å². The first kappa shape index (κ1) is 19.5. The van der Waals surface area contributed by atoms with Gasteiger partial charge >= 0.3 is 5.97 Å². The van der Waals surface area contributed by atoms with Crippen molar-refractivity contribution in [1.29, 1.82) is 0 Å². The summed E-state index contributed by atoms with van der Waals surface area (Å²) in [5, 5.41) is 5.84. The van der Waals surface area contributed by atoms with Crippen molar-refractivity contribution in [1.82, 2.24) is 5.32 Å². The number of hydrogen-bond donors (Lipinski definition) is 2. The van der Waals surface area contributed by atoms with Crippen LogP contribution in [0.5, 0.6) is 0 Å². The fourth-order valence-electron chi connectivity index (χ4n) is 2.38. The Labute approximate surface area is 156 Å². The van der Waals surface area contributed by atoms with Gasteiger partial charge in [0.15, 0.2) is 0 Å². The molecule has 136 valence electrons. The minimum absolute atomic E-state index is 0.200. The summed E-state index contributed by atoms with van der Waals surface area (Å²) in [4.78, 5) is 35.5. The molecule has 0 heterocycles. The van der Waals surface area contributed by atoms with E-state index >= 15 is 0 Å². The molecule has 0 spiro atoms. The molecule has 1 atom stereocenters. The summed E-state index contributed by atoms with van der Waals surface area (Å²) in [6.07, 6.45) is 0.253. The molecule has 0 bridgehead atoms. The smallest absolute Gasteiger partial charge is 0.328 e. The second-order valence-electron chi connectivity index (χ2n) is 5.64. The zero-order chi connectivity index (χ0) is 19.1. The van der Waals surface area contributed by atoms with E-state index < -0.39 is 17.9 Å². The number of anilines is 1. The van der Waals surface area contributed by atoms with E-state index in [0.29, 0.717) is 16.3 Å². The molecule has 0 fully saturated rings. The number of halogens is 1. The van der Waals surface area contributed by atoms with Crippen LogP contribution in [0.25, 0.3) is 0 Å². The summed E-state index contributed by atoms with van der Waals surface area (Å²) in [6.45, 7) is 1.40. The summed E-state index contributed by atoms with van der Waals surface area (Å²) in [5.74, 6) is -1.17. The molecule has 0 aliphatic carbocycles.